The standard InChI is InChI=1S/C11H16N4OSe/c1-7-10(8(2)16)9(4-5-17-3)15-11(14-7)12-6-13-15/h6,9H,4-5H2,1-3H3,(H,12,13,14). The van der Waals surface area contributed by atoms with Crippen LogP contribution in [0, 0.1) is 0 Å². The predicted octanol–water partition coefficient (Wildman–Crippen LogP) is 1.67. The first-order valence-corrected chi connectivity index (χ1v) is 8.44. The third-order valence-corrected chi connectivity index (χ3v) is 4.23. The van der Waals surface area contributed by atoms with E-state index in [0.29, 0.717) is 15.0 Å². The maximum atomic E-state index is 11.8. The molecule has 6 heteroatoms. The molecule has 0 saturated heterocycles. The van der Waals surface area contributed by atoms with Gasteiger partial charge in [-0.2, -0.15) is 0 Å². The normalized spacial score (nSPS) is 18.9. The van der Waals surface area contributed by atoms with Gasteiger partial charge in [0.05, 0.1) is 0 Å². The molecule has 1 atom stereocenters. The van der Waals surface area contributed by atoms with E-state index in [1.54, 1.807) is 6.92 Å². The second kappa shape index (κ2) is 5.02. The van der Waals surface area contributed by atoms with E-state index in [2.05, 4.69) is 21.2 Å². The molecule has 2 rings (SSSR count). The average molecular weight is 299 g/mol. The number of fused-ring (bicyclic) bond motifs is 1. The van der Waals surface area contributed by atoms with Crippen LogP contribution in [0.5, 0.6) is 0 Å². The number of allylic oxidation sites excluding steroid dienone is 2. The van der Waals surface area contributed by atoms with Crippen molar-refractivity contribution in [2.75, 3.05) is 5.32 Å². The molecule has 1 aromatic heterocycles. The number of hydrogen-bond donors (Lipinski definition) is 1. The molecule has 1 N–H and O–H groups in total. The van der Waals surface area contributed by atoms with E-state index in [4.69, 9.17) is 0 Å². The molecule has 1 aromatic rings. The van der Waals surface area contributed by atoms with Gasteiger partial charge in [-0.3, -0.25) is 0 Å². The molecule has 17 heavy (non-hydrogen) atoms. The van der Waals surface area contributed by atoms with E-state index >= 15 is 0 Å². The summed E-state index contributed by atoms with van der Waals surface area (Å²) in [6.45, 7) is 3.55. The Bertz CT molecular complexity index is 466. The second-order valence-corrected chi connectivity index (χ2v) is 6.11. The van der Waals surface area contributed by atoms with Gasteiger partial charge in [0.2, 0.25) is 0 Å². The monoisotopic (exact) mass is 300 g/mol. The SMILES string of the molecule is C[Se]CCC1C(C(C)=O)=C(C)Nc2ncnn21. The Kier molecular flexibility index (Phi) is 3.64. The van der Waals surface area contributed by atoms with Crippen molar-refractivity contribution in [2.45, 2.75) is 37.5 Å². The van der Waals surface area contributed by atoms with Crippen molar-refractivity contribution >= 4 is 26.7 Å². The predicted molar refractivity (Wildman–Crippen MR) is 67.1 cm³/mol. The molecule has 1 unspecified atom stereocenters. The Hall–Kier alpha value is -1.13. The Morgan fingerprint density at radius 3 is 3.06 bits per heavy atom. The van der Waals surface area contributed by atoms with Gasteiger partial charge in [-0.1, -0.05) is 0 Å². The molecule has 1 aliphatic heterocycles. The fourth-order valence-electron chi connectivity index (χ4n) is 2.17. The summed E-state index contributed by atoms with van der Waals surface area (Å²) in [5, 5.41) is 8.49. The molecule has 2 heterocycles. The molecule has 92 valence electrons. The summed E-state index contributed by atoms with van der Waals surface area (Å²) in [6.07, 6.45) is 2.49. The number of rotatable bonds is 4. The molecular weight excluding hydrogens is 283 g/mol. The zero-order valence-electron chi connectivity index (χ0n) is 10.2. The van der Waals surface area contributed by atoms with Gasteiger partial charge in [0, 0.05) is 0 Å². The van der Waals surface area contributed by atoms with E-state index in [1.165, 1.54) is 6.33 Å². The van der Waals surface area contributed by atoms with E-state index in [1.807, 2.05) is 11.6 Å². The van der Waals surface area contributed by atoms with Crippen molar-refractivity contribution in [2.24, 2.45) is 0 Å². The molecule has 1 aliphatic rings. The molecule has 0 aromatic carbocycles. The summed E-state index contributed by atoms with van der Waals surface area (Å²) >= 11 is 0.613. The van der Waals surface area contributed by atoms with Gasteiger partial charge in [0.15, 0.2) is 0 Å². The number of aromatic nitrogens is 3. The van der Waals surface area contributed by atoms with Crippen LogP contribution in [0.1, 0.15) is 26.3 Å². The first kappa shape index (κ1) is 12.3. The van der Waals surface area contributed by atoms with E-state index in [-0.39, 0.29) is 11.8 Å². The van der Waals surface area contributed by atoms with Crippen molar-refractivity contribution in [3.8, 4) is 0 Å². The number of nitrogens with zero attached hydrogens (tertiary/aromatic N) is 3. The summed E-state index contributed by atoms with van der Waals surface area (Å²) in [5.74, 6) is 3.06. The van der Waals surface area contributed by atoms with Crippen LogP contribution < -0.4 is 5.32 Å². The summed E-state index contributed by atoms with van der Waals surface area (Å²) in [5.41, 5.74) is 1.75. The van der Waals surface area contributed by atoms with Crippen molar-refractivity contribution in [3.05, 3.63) is 17.6 Å². The Labute approximate surface area is 107 Å². The maximum absolute atomic E-state index is 11.8. The number of Topliss-reactive ketones (excluding diaryl/α,β-unsaturated/α-hetero) is 1. The quantitative estimate of drug-likeness (QED) is 0.859. The first-order valence-electron chi connectivity index (χ1n) is 5.52. The van der Waals surface area contributed by atoms with Gasteiger partial charge < -0.3 is 0 Å². The topological polar surface area (TPSA) is 59.8 Å². The van der Waals surface area contributed by atoms with Crippen LogP contribution in [0.15, 0.2) is 17.6 Å². The number of ketones is 1. The third kappa shape index (κ3) is 2.28. The van der Waals surface area contributed by atoms with Gasteiger partial charge in [0.25, 0.3) is 0 Å². The van der Waals surface area contributed by atoms with Gasteiger partial charge in [-0.15, -0.1) is 0 Å². The fraction of sp³-hybridized carbons (Fsp3) is 0.545. The summed E-state index contributed by atoms with van der Waals surface area (Å²) in [6, 6.07) is 0.0491. The van der Waals surface area contributed by atoms with Crippen molar-refractivity contribution in [1.29, 1.82) is 0 Å². The summed E-state index contributed by atoms with van der Waals surface area (Å²) in [7, 11) is 0. The molecule has 5 nitrogen and oxygen atoms in total. The van der Waals surface area contributed by atoms with Crippen LogP contribution in [0.2, 0.25) is 11.1 Å². The minimum atomic E-state index is 0.0491. The first-order chi connectivity index (χ1) is 8.15. The van der Waals surface area contributed by atoms with Gasteiger partial charge in [0.1, 0.15) is 0 Å². The van der Waals surface area contributed by atoms with Crippen LogP contribution in [0.4, 0.5) is 5.95 Å². The van der Waals surface area contributed by atoms with Crippen LogP contribution in [-0.4, -0.2) is 35.5 Å². The zero-order valence-corrected chi connectivity index (χ0v) is 11.9. The van der Waals surface area contributed by atoms with Crippen molar-refractivity contribution < 1.29 is 4.79 Å². The van der Waals surface area contributed by atoms with Crippen LogP contribution in [0.3, 0.4) is 0 Å². The van der Waals surface area contributed by atoms with Crippen molar-refractivity contribution in [1.82, 2.24) is 14.8 Å². The zero-order chi connectivity index (χ0) is 12.4. The Balaban J connectivity index is 2.38. The average Bonchev–Trinajstić information content (AvgIpc) is 2.72. The van der Waals surface area contributed by atoms with Gasteiger partial charge >= 0.3 is 107 Å². The van der Waals surface area contributed by atoms with Gasteiger partial charge in [-0.05, 0) is 0 Å². The molecule has 0 radical (unpaired) electrons. The fourth-order valence-corrected chi connectivity index (χ4v) is 3.13. The van der Waals surface area contributed by atoms with E-state index in [9.17, 15) is 4.79 Å². The van der Waals surface area contributed by atoms with Crippen LogP contribution in [-0.2, 0) is 4.79 Å². The van der Waals surface area contributed by atoms with Crippen LogP contribution in [0.25, 0.3) is 0 Å². The molecular formula is C11H16N4OSe. The number of carbonyl (C=O) groups excluding carboxylic acids is 1. The number of carbonyl (C=O) groups is 1. The van der Waals surface area contributed by atoms with Gasteiger partial charge in [-0.25, -0.2) is 0 Å². The molecule has 0 amide bonds. The Morgan fingerprint density at radius 1 is 1.65 bits per heavy atom. The van der Waals surface area contributed by atoms with E-state index < -0.39 is 0 Å². The van der Waals surface area contributed by atoms with Crippen LogP contribution >= 0.6 is 0 Å². The molecule has 0 aliphatic carbocycles. The molecule has 0 bridgehead atoms. The number of anilines is 1. The number of nitrogens with one attached hydrogen (secondary N) is 1. The second-order valence-electron chi connectivity index (χ2n) is 4.05. The molecule has 0 saturated carbocycles. The third-order valence-electron chi connectivity index (χ3n) is 2.88. The molecule has 0 fully saturated rings. The summed E-state index contributed by atoms with van der Waals surface area (Å²) in [4.78, 5) is 15.9. The number of hydrogen-bond acceptors (Lipinski definition) is 4. The van der Waals surface area contributed by atoms with Crippen molar-refractivity contribution in [3.63, 3.8) is 0 Å². The molecule has 0 spiro atoms. The minimum absolute atomic E-state index is 0.0491. The Morgan fingerprint density at radius 2 is 2.41 bits per heavy atom. The summed E-state index contributed by atoms with van der Waals surface area (Å²) < 4.78 is 1.83. The van der Waals surface area contributed by atoms with E-state index in [0.717, 1.165) is 29.0 Å².